The Kier molecular flexibility index (Phi) is 27.4. The molecule has 0 amide bonds. The second kappa shape index (κ2) is 15.7. The smallest absolute Gasteiger partial charge is 0.307 e. The Bertz CT molecular complexity index is 81.1. The van der Waals surface area contributed by atoms with Crippen molar-refractivity contribution in [3.8, 4) is 0 Å². The van der Waals surface area contributed by atoms with Gasteiger partial charge in [0, 0.05) is 6.92 Å². The van der Waals surface area contributed by atoms with Gasteiger partial charge in [0.05, 0.1) is 6.26 Å². The maximum absolute atomic E-state index is 9.75. The number of esters is 1. The van der Waals surface area contributed by atoms with Crippen molar-refractivity contribution in [3.05, 3.63) is 26.0 Å². The largest absolute Gasteiger partial charge is 0.435 e. The molecule has 0 aromatic carbocycles. The molecule has 0 radical (unpaired) electrons. The molecule has 0 aromatic heterocycles. The third-order valence-corrected chi connectivity index (χ3v) is 0.249. The van der Waals surface area contributed by atoms with Crippen LogP contribution in [0.25, 0.3) is 0 Å². The summed E-state index contributed by atoms with van der Waals surface area (Å²) in [6.07, 6.45) is 1.10. The third kappa shape index (κ3) is 40.7. The molecule has 0 saturated carbocycles. The highest BCUT2D eigenvalue weighted by atomic mass is 28.1. The number of carbonyl (C=O) groups excluding carboxylic acids is 1. The summed E-state index contributed by atoms with van der Waals surface area (Å²) in [6, 6.07) is 0. The molecule has 0 bridgehead atoms. The van der Waals surface area contributed by atoms with Gasteiger partial charge in [0.1, 0.15) is 0 Å². The fraction of sp³-hybridized carbons (Fsp3) is 0.167. The van der Waals surface area contributed by atoms with E-state index in [-0.39, 0.29) is 16.9 Å². The normalized spacial score (nSPS) is 5.00. The van der Waals surface area contributed by atoms with Gasteiger partial charge in [-0.25, -0.2) is 0 Å². The number of rotatable bonds is 1. The molecule has 0 N–H and O–H groups in total. The molecule has 0 aliphatic rings. The summed E-state index contributed by atoms with van der Waals surface area (Å²) in [5.74, 6) is -0.329. The first-order valence-corrected chi connectivity index (χ1v) is 2.05. The highest BCUT2D eigenvalue weighted by Gasteiger charge is 1.79. The zero-order valence-electron chi connectivity index (χ0n) is 5.02. The van der Waals surface area contributed by atoms with Crippen LogP contribution in [0.4, 0.5) is 0 Å². The van der Waals surface area contributed by atoms with Crippen LogP contribution in [0.2, 0.25) is 0 Å². The van der Waals surface area contributed by atoms with Gasteiger partial charge in [-0.2, -0.15) is 0 Å². The van der Waals surface area contributed by atoms with E-state index in [1.54, 1.807) is 0 Å². The number of carbonyl (C=O) groups is 1. The van der Waals surface area contributed by atoms with Crippen molar-refractivity contribution in [2.24, 2.45) is 0 Å². The van der Waals surface area contributed by atoms with E-state index in [2.05, 4.69) is 24.5 Å². The van der Waals surface area contributed by atoms with Gasteiger partial charge in [0.25, 0.3) is 0 Å². The lowest BCUT2D eigenvalue weighted by Crippen LogP contribution is -1.87. The molecule has 54 valence electrons. The predicted molar refractivity (Wildman–Crippen MR) is 44.6 cm³/mol. The maximum atomic E-state index is 9.75. The predicted octanol–water partition coefficient (Wildman–Crippen LogP) is 0.0436. The van der Waals surface area contributed by atoms with Gasteiger partial charge >= 0.3 is 5.97 Å². The standard InChI is InChI=1S/C4H6O2.C2H4.H4Si/c1-3-6-4(2)5;1-2;/h3H,1H2,2H3;1-2H2;1H4. The summed E-state index contributed by atoms with van der Waals surface area (Å²) >= 11 is 0. The molecule has 3 heteroatoms. The Morgan fingerprint density at radius 3 is 1.89 bits per heavy atom. The van der Waals surface area contributed by atoms with Crippen molar-refractivity contribution in [2.45, 2.75) is 6.92 Å². The van der Waals surface area contributed by atoms with Crippen molar-refractivity contribution in [1.82, 2.24) is 0 Å². The zero-order valence-corrected chi connectivity index (χ0v) is 5.02. The maximum Gasteiger partial charge on any atom is 0.307 e. The fourth-order valence-electron chi connectivity index (χ4n) is 0.117. The van der Waals surface area contributed by atoms with Crippen molar-refractivity contribution in [1.29, 1.82) is 0 Å². The second-order valence-electron chi connectivity index (χ2n) is 0.776. The van der Waals surface area contributed by atoms with E-state index in [0.29, 0.717) is 0 Å². The molecule has 0 fully saturated rings. The summed E-state index contributed by atoms with van der Waals surface area (Å²) in [7, 11) is 0. The summed E-state index contributed by atoms with van der Waals surface area (Å²) in [5.41, 5.74) is 0. The van der Waals surface area contributed by atoms with Gasteiger partial charge in [-0.05, 0) is 11.0 Å². The highest BCUT2D eigenvalue weighted by Crippen LogP contribution is 1.70. The van der Waals surface area contributed by atoms with Gasteiger partial charge in [-0.1, -0.05) is 6.58 Å². The molecule has 0 rings (SSSR count). The fourth-order valence-corrected chi connectivity index (χ4v) is 0.117. The van der Waals surface area contributed by atoms with Crippen molar-refractivity contribution in [3.63, 3.8) is 0 Å². The lowest BCUT2D eigenvalue weighted by molar-refractivity contribution is -0.135. The second-order valence-corrected chi connectivity index (χ2v) is 0.776. The highest BCUT2D eigenvalue weighted by molar-refractivity contribution is 5.75. The minimum atomic E-state index is -0.329. The summed E-state index contributed by atoms with van der Waals surface area (Å²) < 4.78 is 4.17. The molecule has 0 aromatic rings. The average molecular weight is 146 g/mol. The summed E-state index contributed by atoms with van der Waals surface area (Å²) in [4.78, 5) is 9.75. The number of hydrogen-bond acceptors (Lipinski definition) is 2. The molecule has 0 atom stereocenters. The monoisotopic (exact) mass is 146 g/mol. The Morgan fingerprint density at radius 1 is 1.56 bits per heavy atom. The molecule has 0 aliphatic heterocycles. The summed E-state index contributed by atoms with van der Waals surface area (Å²) in [5, 5.41) is 0. The molecule has 0 saturated heterocycles. The van der Waals surface area contributed by atoms with Crippen LogP contribution in [0, 0.1) is 0 Å². The van der Waals surface area contributed by atoms with Crippen LogP contribution in [-0.2, 0) is 9.53 Å². The number of hydrogen-bond donors (Lipinski definition) is 0. The first kappa shape index (κ1) is 15.7. The minimum absolute atomic E-state index is 0. The molecular formula is C6H14O2Si. The minimum Gasteiger partial charge on any atom is -0.435 e. The first-order valence-electron chi connectivity index (χ1n) is 2.05. The zero-order chi connectivity index (χ0) is 6.99. The van der Waals surface area contributed by atoms with E-state index in [1.807, 2.05) is 0 Å². The SMILES string of the molecule is C=C.C=COC(C)=O.[SiH4]. The Balaban J connectivity index is -0.000000109. The van der Waals surface area contributed by atoms with Crippen molar-refractivity contribution in [2.75, 3.05) is 0 Å². The third-order valence-electron chi connectivity index (χ3n) is 0.249. The van der Waals surface area contributed by atoms with Crippen LogP contribution in [0.3, 0.4) is 0 Å². The Morgan fingerprint density at radius 2 is 1.89 bits per heavy atom. The lowest BCUT2D eigenvalue weighted by atomic mass is 10.8. The van der Waals surface area contributed by atoms with E-state index < -0.39 is 0 Å². The van der Waals surface area contributed by atoms with Gasteiger partial charge in [0.2, 0.25) is 0 Å². The van der Waals surface area contributed by atoms with Gasteiger partial charge in [-0.15, -0.1) is 13.2 Å². The van der Waals surface area contributed by atoms with E-state index in [4.69, 9.17) is 0 Å². The van der Waals surface area contributed by atoms with Crippen LogP contribution < -0.4 is 0 Å². The lowest BCUT2D eigenvalue weighted by Gasteiger charge is -1.83. The van der Waals surface area contributed by atoms with Crippen LogP contribution in [0.1, 0.15) is 6.92 Å². The molecule has 0 spiro atoms. The van der Waals surface area contributed by atoms with Gasteiger partial charge in [0.15, 0.2) is 0 Å². The van der Waals surface area contributed by atoms with Gasteiger partial charge < -0.3 is 4.74 Å². The topological polar surface area (TPSA) is 26.3 Å². The van der Waals surface area contributed by atoms with Crippen LogP contribution in [-0.4, -0.2) is 16.9 Å². The first-order chi connectivity index (χ1) is 3.77. The van der Waals surface area contributed by atoms with Crippen molar-refractivity contribution >= 4 is 16.9 Å². The quantitative estimate of drug-likeness (QED) is 0.226. The molecule has 2 nitrogen and oxygen atoms in total. The molecular weight excluding hydrogens is 132 g/mol. The van der Waals surface area contributed by atoms with E-state index in [1.165, 1.54) is 6.92 Å². The van der Waals surface area contributed by atoms with Crippen LogP contribution in [0.5, 0.6) is 0 Å². The van der Waals surface area contributed by atoms with Crippen molar-refractivity contribution < 1.29 is 9.53 Å². The van der Waals surface area contributed by atoms with E-state index >= 15 is 0 Å². The Hall–Kier alpha value is -0.833. The molecule has 0 heterocycles. The summed E-state index contributed by atoms with van der Waals surface area (Å²) in [6.45, 7) is 10.5. The van der Waals surface area contributed by atoms with Gasteiger partial charge in [-0.3, -0.25) is 4.79 Å². The number of ether oxygens (including phenoxy) is 1. The Labute approximate surface area is 60.2 Å². The average Bonchev–Trinajstić information content (AvgIpc) is 1.72. The molecule has 9 heavy (non-hydrogen) atoms. The van der Waals surface area contributed by atoms with Crippen LogP contribution >= 0.6 is 0 Å². The van der Waals surface area contributed by atoms with E-state index in [9.17, 15) is 4.79 Å². The molecule has 0 unspecified atom stereocenters. The van der Waals surface area contributed by atoms with E-state index in [0.717, 1.165) is 6.26 Å². The molecule has 0 aliphatic carbocycles. The van der Waals surface area contributed by atoms with Crippen LogP contribution in [0.15, 0.2) is 26.0 Å².